The van der Waals surface area contributed by atoms with Crippen molar-refractivity contribution < 1.29 is 14.4 Å². The van der Waals surface area contributed by atoms with Crippen LogP contribution in [0, 0.1) is 11.8 Å². The number of aliphatic imine (C=N–C) groups is 1. The van der Waals surface area contributed by atoms with Crippen LogP contribution in [0.4, 0.5) is 5.69 Å². The van der Waals surface area contributed by atoms with Gasteiger partial charge in [0.1, 0.15) is 12.1 Å². The molecule has 1 aliphatic carbocycles. The van der Waals surface area contributed by atoms with Gasteiger partial charge in [-0.1, -0.05) is 81.5 Å². The molecule has 4 aliphatic rings. The molecule has 5 rings (SSSR count). The first-order chi connectivity index (χ1) is 17.4. The van der Waals surface area contributed by atoms with Gasteiger partial charge in [-0.25, -0.2) is 0 Å². The van der Waals surface area contributed by atoms with Crippen LogP contribution >= 0.6 is 11.8 Å². The number of carbonyl (C=O) groups excluding carboxylic acids is 3. The van der Waals surface area contributed by atoms with Crippen molar-refractivity contribution in [3.05, 3.63) is 53.6 Å². The number of hydrogen-bond donors (Lipinski definition) is 2. The average Bonchev–Trinajstić information content (AvgIpc) is 3.46. The highest BCUT2D eigenvalue weighted by Crippen LogP contribution is 2.39. The molecule has 0 bridgehead atoms. The summed E-state index contributed by atoms with van der Waals surface area (Å²) in [6, 6.07) is 4.86. The molecule has 2 unspecified atom stereocenters. The molecule has 3 aliphatic heterocycles. The Morgan fingerprint density at radius 2 is 1.97 bits per heavy atom. The Balaban J connectivity index is 1.32. The molecule has 190 valence electrons. The van der Waals surface area contributed by atoms with E-state index < -0.39 is 12.1 Å². The number of thioether (sulfide) groups is 1. The molecule has 1 aromatic rings. The molecular formula is C28H34N4O3S. The third-order valence-corrected chi connectivity index (χ3v) is 9.20. The summed E-state index contributed by atoms with van der Waals surface area (Å²) in [6.07, 6.45) is 10.8. The quantitative estimate of drug-likeness (QED) is 0.594. The van der Waals surface area contributed by atoms with Gasteiger partial charge >= 0.3 is 0 Å². The molecule has 0 saturated heterocycles. The van der Waals surface area contributed by atoms with Crippen LogP contribution in [0.25, 0.3) is 0 Å². The third kappa shape index (κ3) is 4.63. The molecular weight excluding hydrogens is 472 g/mol. The minimum Gasteiger partial charge on any atom is -0.348 e. The smallest absolute Gasteiger partial charge is 0.250 e. The number of benzene rings is 1. The van der Waals surface area contributed by atoms with Crippen LogP contribution in [0.3, 0.4) is 0 Å². The largest absolute Gasteiger partial charge is 0.348 e. The molecule has 7 nitrogen and oxygen atoms in total. The Bertz CT molecular complexity index is 1160. The molecule has 1 aromatic carbocycles. The number of allylic oxidation sites excluding steroid dienone is 2. The Morgan fingerprint density at radius 1 is 1.19 bits per heavy atom. The number of nitrogens with zero attached hydrogens (tertiary/aromatic N) is 2. The van der Waals surface area contributed by atoms with Crippen LogP contribution in [0.5, 0.6) is 0 Å². The van der Waals surface area contributed by atoms with Gasteiger partial charge in [-0.15, -0.1) is 0 Å². The Morgan fingerprint density at radius 3 is 2.75 bits per heavy atom. The summed E-state index contributed by atoms with van der Waals surface area (Å²) in [5.41, 5.74) is 2.92. The first kappa shape index (κ1) is 24.8. The average molecular weight is 507 g/mol. The molecule has 6 atom stereocenters. The molecule has 2 N–H and O–H groups in total. The normalized spacial score (nSPS) is 27.6. The number of aryl methyl sites for hydroxylation is 1. The van der Waals surface area contributed by atoms with E-state index >= 15 is 0 Å². The van der Waals surface area contributed by atoms with Gasteiger partial charge in [0.2, 0.25) is 17.7 Å². The second-order valence-electron chi connectivity index (χ2n) is 10.2. The number of amides is 3. The van der Waals surface area contributed by atoms with Gasteiger partial charge in [-0.3, -0.25) is 24.3 Å². The summed E-state index contributed by atoms with van der Waals surface area (Å²) in [5.74, 6) is -0.437. The van der Waals surface area contributed by atoms with Crippen molar-refractivity contribution in [3.8, 4) is 0 Å². The summed E-state index contributed by atoms with van der Waals surface area (Å²) in [6.45, 7) is 6.38. The zero-order chi connectivity index (χ0) is 25.4. The first-order valence-corrected chi connectivity index (χ1v) is 13.9. The van der Waals surface area contributed by atoms with Gasteiger partial charge in [0.25, 0.3) is 0 Å². The maximum atomic E-state index is 13.8. The maximum absolute atomic E-state index is 13.8. The standard InChI is InChI=1S/C28H34N4O3S/c1-4-16(2)17(3)26(33)31-21-13-12-18-8-7-9-19-14-22(32(25(18)19)28(21)35)27(34)29-15-24-30-20-10-5-6-11-23(20)36-24/h5-11,16-17,20-23H,4,12-15H2,1-3H3,(H,29,34)(H,31,33)/t16-,17-,20?,21-,22-,23?/m0/s1. The monoisotopic (exact) mass is 506 g/mol. The second kappa shape index (κ2) is 10.2. The van der Waals surface area contributed by atoms with Crippen LogP contribution in [-0.2, 0) is 27.2 Å². The van der Waals surface area contributed by atoms with E-state index in [-0.39, 0.29) is 40.8 Å². The van der Waals surface area contributed by atoms with Gasteiger partial charge in [0.05, 0.1) is 28.6 Å². The lowest BCUT2D eigenvalue weighted by Gasteiger charge is -2.29. The number of nitrogens with one attached hydrogen (secondary N) is 2. The SMILES string of the molecule is CC[C@H](C)[C@H](C)C(=O)N[C@H]1CCc2cccc3c2N(C1=O)[C@H](C(=O)NCC1=NC2C=CC=CC2S1)C3. The molecule has 0 fully saturated rings. The molecule has 3 amide bonds. The van der Waals surface area contributed by atoms with Crippen molar-refractivity contribution in [2.45, 2.75) is 69.8 Å². The highest BCUT2D eigenvalue weighted by Gasteiger charge is 2.44. The number of anilines is 1. The predicted octanol–water partition coefficient (Wildman–Crippen LogP) is 3.18. The zero-order valence-corrected chi connectivity index (χ0v) is 21.9. The molecule has 0 saturated carbocycles. The van der Waals surface area contributed by atoms with Gasteiger partial charge in [0.15, 0.2) is 0 Å². The van der Waals surface area contributed by atoms with Crippen LogP contribution in [0.2, 0.25) is 0 Å². The summed E-state index contributed by atoms with van der Waals surface area (Å²) in [5, 5.41) is 7.24. The molecule has 0 aromatic heterocycles. The van der Waals surface area contributed by atoms with Crippen molar-refractivity contribution >= 4 is 40.2 Å². The van der Waals surface area contributed by atoms with Crippen LogP contribution < -0.4 is 15.5 Å². The Labute approximate surface area is 216 Å². The van der Waals surface area contributed by atoms with E-state index in [0.29, 0.717) is 25.8 Å². The van der Waals surface area contributed by atoms with E-state index in [1.165, 1.54) is 0 Å². The molecule has 3 heterocycles. The Hall–Kier alpha value is -2.87. The highest BCUT2D eigenvalue weighted by atomic mass is 32.2. The fourth-order valence-corrected chi connectivity index (χ4v) is 6.52. The first-order valence-electron chi connectivity index (χ1n) is 13.0. The fourth-order valence-electron chi connectivity index (χ4n) is 5.41. The van der Waals surface area contributed by atoms with E-state index in [1.807, 2.05) is 37.3 Å². The molecule has 8 heteroatoms. The van der Waals surface area contributed by atoms with E-state index in [2.05, 4.69) is 36.6 Å². The van der Waals surface area contributed by atoms with Crippen molar-refractivity contribution in [2.75, 3.05) is 11.4 Å². The van der Waals surface area contributed by atoms with E-state index in [4.69, 9.17) is 4.99 Å². The van der Waals surface area contributed by atoms with Crippen molar-refractivity contribution in [1.29, 1.82) is 0 Å². The zero-order valence-electron chi connectivity index (χ0n) is 21.1. The topological polar surface area (TPSA) is 90.9 Å². The number of fused-ring (bicyclic) bond motifs is 1. The number of para-hydroxylation sites is 1. The summed E-state index contributed by atoms with van der Waals surface area (Å²) < 4.78 is 0. The lowest BCUT2D eigenvalue weighted by Crippen LogP contribution is -2.55. The van der Waals surface area contributed by atoms with Crippen molar-refractivity contribution in [1.82, 2.24) is 10.6 Å². The molecule has 36 heavy (non-hydrogen) atoms. The molecule has 0 spiro atoms. The lowest BCUT2D eigenvalue weighted by molar-refractivity contribution is -0.131. The lowest BCUT2D eigenvalue weighted by atomic mass is 9.92. The highest BCUT2D eigenvalue weighted by molar-refractivity contribution is 8.15. The number of rotatable bonds is 7. The van der Waals surface area contributed by atoms with E-state index in [9.17, 15) is 14.4 Å². The summed E-state index contributed by atoms with van der Waals surface area (Å²) in [7, 11) is 0. The predicted molar refractivity (Wildman–Crippen MR) is 144 cm³/mol. The summed E-state index contributed by atoms with van der Waals surface area (Å²) in [4.78, 5) is 46.5. The maximum Gasteiger partial charge on any atom is 0.250 e. The van der Waals surface area contributed by atoms with Crippen LogP contribution in [0.1, 0.15) is 44.7 Å². The van der Waals surface area contributed by atoms with Gasteiger partial charge < -0.3 is 10.6 Å². The van der Waals surface area contributed by atoms with Gasteiger partial charge in [-0.2, -0.15) is 0 Å². The minimum atomic E-state index is -0.644. The van der Waals surface area contributed by atoms with Crippen molar-refractivity contribution in [2.24, 2.45) is 16.8 Å². The number of carbonyl (C=O) groups is 3. The van der Waals surface area contributed by atoms with Gasteiger partial charge in [-0.05, 0) is 29.9 Å². The minimum absolute atomic E-state index is 0.102. The molecule has 0 radical (unpaired) electrons. The fraction of sp³-hybridized carbons (Fsp3) is 0.500. The van der Waals surface area contributed by atoms with Crippen LogP contribution in [0.15, 0.2) is 47.5 Å². The number of hydrogen-bond acceptors (Lipinski definition) is 5. The second-order valence-corrected chi connectivity index (χ2v) is 11.5. The Kier molecular flexibility index (Phi) is 7.06. The van der Waals surface area contributed by atoms with E-state index in [1.54, 1.807) is 16.7 Å². The van der Waals surface area contributed by atoms with Crippen molar-refractivity contribution in [3.63, 3.8) is 0 Å². The third-order valence-electron chi connectivity index (χ3n) is 7.97. The summed E-state index contributed by atoms with van der Waals surface area (Å²) >= 11 is 1.67. The van der Waals surface area contributed by atoms with Crippen LogP contribution in [-0.4, -0.2) is 52.7 Å². The van der Waals surface area contributed by atoms with Gasteiger partial charge in [0, 0.05) is 12.3 Å². The van der Waals surface area contributed by atoms with E-state index in [0.717, 1.165) is 28.3 Å².